The van der Waals surface area contributed by atoms with Gasteiger partial charge in [-0.05, 0) is 29.3 Å². The molecule has 1 unspecified atom stereocenters. The third kappa shape index (κ3) is 4.05. The number of carbonyl (C=O) groups is 1. The molecule has 0 saturated carbocycles. The van der Waals surface area contributed by atoms with Gasteiger partial charge >= 0.3 is 0 Å². The molecule has 23 heavy (non-hydrogen) atoms. The SMILES string of the molecule is O=C(/C=C/c1ccc(F)cc1)N1CCOC(c2ccccc2)C1. The Balaban J connectivity index is 1.64. The van der Waals surface area contributed by atoms with Crippen molar-refractivity contribution in [1.29, 1.82) is 0 Å². The highest BCUT2D eigenvalue weighted by Gasteiger charge is 2.23. The van der Waals surface area contributed by atoms with Crippen LogP contribution >= 0.6 is 0 Å². The van der Waals surface area contributed by atoms with Gasteiger partial charge in [0.2, 0.25) is 5.91 Å². The molecule has 1 saturated heterocycles. The van der Waals surface area contributed by atoms with Gasteiger partial charge < -0.3 is 9.64 Å². The molecule has 1 amide bonds. The average molecular weight is 311 g/mol. The molecule has 1 fully saturated rings. The summed E-state index contributed by atoms with van der Waals surface area (Å²) in [5.41, 5.74) is 1.88. The molecule has 1 aliphatic rings. The fraction of sp³-hybridized carbons (Fsp3) is 0.211. The molecule has 1 heterocycles. The van der Waals surface area contributed by atoms with Crippen LogP contribution in [0.4, 0.5) is 4.39 Å². The van der Waals surface area contributed by atoms with Crippen molar-refractivity contribution in [2.75, 3.05) is 19.7 Å². The number of amides is 1. The summed E-state index contributed by atoms with van der Waals surface area (Å²) in [6, 6.07) is 16.0. The van der Waals surface area contributed by atoms with E-state index in [1.165, 1.54) is 18.2 Å². The zero-order chi connectivity index (χ0) is 16.1. The van der Waals surface area contributed by atoms with Crippen molar-refractivity contribution in [2.24, 2.45) is 0 Å². The minimum atomic E-state index is -0.285. The van der Waals surface area contributed by atoms with Gasteiger partial charge in [-0.1, -0.05) is 42.5 Å². The second kappa shape index (κ2) is 7.20. The van der Waals surface area contributed by atoms with Crippen LogP contribution in [0.25, 0.3) is 6.08 Å². The molecule has 2 aromatic carbocycles. The van der Waals surface area contributed by atoms with Gasteiger partial charge in [0.15, 0.2) is 0 Å². The van der Waals surface area contributed by atoms with E-state index < -0.39 is 0 Å². The zero-order valence-electron chi connectivity index (χ0n) is 12.7. The number of nitrogens with zero attached hydrogens (tertiary/aromatic N) is 1. The molecule has 0 aliphatic carbocycles. The van der Waals surface area contributed by atoms with Crippen molar-refractivity contribution in [3.05, 3.63) is 77.6 Å². The fourth-order valence-electron chi connectivity index (χ4n) is 2.57. The second-order valence-corrected chi connectivity index (χ2v) is 5.44. The lowest BCUT2D eigenvalue weighted by molar-refractivity contribution is -0.133. The predicted molar refractivity (Wildman–Crippen MR) is 87.1 cm³/mol. The second-order valence-electron chi connectivity index (χ2n) is 5.44. The van der Waals surface area contributed by atoms with Crippen LogP contribution in [0, 0.1) is 5.82 Å². The number of rotatable bonds is 3. The number of morpholine rings is 1. The highest BCUT2D eigenvalue weighted by atomic mass is 19.1. The normalized spacial score (nSPS) is 18.3. The summed E-state index contributed by atoms with van der Waals surface area (Å²) >= 11 is 0. The molecule has 0 radical (unpaired) electrons. The molecule has 3 rings (SSSR count). The lowest BCUT2D eigenvalue weighted by Crippen LogP contribution is -2.41. The van der Waals surface area contributed by atoms with Crippen LogP contribution in [0.3, 0.4) is 0 Å². The highest BCUT2D eigenvalue weighted by Crippen LogP contribution is 2.22. The van der Waals surface area contributed by atoms with Crippen molar-refractivity contribution < 1.29 is 13.9 Å². The van der Waals surface area contributed by atoms with E-state index in [1.54, 1.807) is 23.1 Å². The maximum absolute atomic E-state index is 12.9. The Morgan fingerprint density at radius 2 is 1.87 bits per heavy atom. The van der Waals surface area contributed by atoms with Crippen LogP contribution in [-0.4, -0.2) is 30.5 Å². The Hall–Kier alpha value is -2.46. The van der Waals surface area contributed by atoms with Crippen LogP contribution in [0.1, 0.15) is 17.2 Å². The van der Waals surface area contributed by atoms with E-state index in [2.05, 4.69) is 0 Å². The maximum Gasteiger partial charge on any atom is 0.246 e. The maximum atomic E-state index is 12.9. The molecule has 1 atom stereocenters. The van der Waals surface area contributed by atoms with E-state index >= 15 is 0 Å². The van der Waals surface area contributed by atoms with Crippen LogP contribution in [0.5, 0.6) is 0 Å². The third-order valence-corrected chi connectivity index (χ3v) is 3.84. The summed E-state index contributed by atoms with van der Waals surface area (Å²) in [6.07, 6.45) is 3.14. The number of halogens is 1. The summed E-state index contributed by atoms with van der Waals surface area (Å²) in [5, 5.41) is 0. The van der Waals surface area contributed by atoms with E-state index in [1.807, 2.05) is 30.3 Å². The third-order valence-electron chi connectivity index (χ3n) is 3.84. The van der Waals surface area contributed by atoms with Crippen molar-refractivity contribution in [2.45, 2.75) is 6.10 Å². The first-order valence-corrected chi connectivity index (χ1v) is 7.61. The summed E-state index contributed by atoms with van der Waals surface area (Å²) in [5.74, 6) is -0.342. The van der Waals surface area contributed by atoms with Crippen molar-refractivity contribution >= 4 is 12.0 Å². The molecule has 2 aromatic rings. The summed E-state index contributed by atoms with van der Waals surface area (Å²) in [7, 11) is 0. The minimum Gasteiger partial charge on any atom is -0.370 e. The average Bonchev–Trinajstić information content (AvgIpc) is 2.62. The first kappa shape index (κ1) is 15.4. The van der Waals surface area contributed by atoms with E-state index in [4.69, 9.17) is 4.74 Å². The van der Waals surface area contributed by atoms with Gasteiger partial charge in [-0.3, -0.25) is 4.79 Å². The van der Waals surface area contributed by atoms with Gasteiger partial charge in [0.25, 0.3) is 0 Å². The molecular weight excluding hydrogens is 293 g/mol. The Labute approximate surface area is 135 Å². The number of benzene rings is 2. The topological polar surface area (TPSA) is 29.5 Å². The molecule has 3 nitrogen and oxygen atoms in total. The Kier molecular flexibility index (Phi) is 4.83. The van der Waals surface area contributed by atoms with E-state index in [-0.39, 0.29) is 17.8 Å². The van der Waals surface area contributed by atoms with Crippen molar-refractivity contribution in [3.8, 4) is 0 Å². The summed E-state index contributed by atoms with van der Waals surface area (Å²) < 4.78 is 18.6. The Morgan fingerprint density at radius 3 is 2.61 bits per heavy atom. The van der Waals surface area contributed by atoms with Crippen LogP contribution in [0.2, 0.25) is 0 Å². The van der Waals surface area contributed by atoms with Gasteiger partial charge in [0, 0.05) is 12.6 Å². The Bertz CT molecular complexity index is 682. The van der Waals surface area contributed by atoms with Crippen LogP contribution in [0.15, 0.2) is 60.7 Å². The van der Waals surface area contributed by atoms with Crippen LogP contribution in [-0.2, 0) is 9.53 Å². The van der Waals surface area contributed by atoms with Crippen molar-refractivity contribution in [1.82, 2.24) is 4.90 Å². The van der Waals surface area contributed by atoms with Gasteiger partial charge in [0.05, 0.1) is 13.2 Å². The smallest absolute Gasteiger partial charge is 0.246 e. The van der Waals surface area contributed by atoms with Gasteiger partial charge in [-0.2, -0.15) is 0 Å². The first-order valence-electron chi connectivity index (χ1n) is 7.61. The highest BCUT2D eigenvalue weighted by molar-refractivity contribution is 5.91. The quantitative estimate of drug-likeness (QED) is 0.813. The molecule has 1 aliphatic heterocycles. The van der Waals surface area contributed by atoms with Gasteiger partial charge in [-0.15, -0.1) is 0 Å². The first-order chi connectivity index (χ1) is 11.2. The molecule has 0 spiro atoms. The number of hydrogen-bond acceptors (Lipinski definition) is 2. The van der Waals surface area contributed by atoms with Crippen molar-refractivity contribution in [3.63, 3.8) is 0 Å². The van der Waals surface area contributed by atoms with E-state index in [9.17, 15) is 9.18 Å². The minimum absolute atomic E-state index is 0.0569. The van der Waals surface area contributed by atoms with Gasteiger partial charge in [0.1, 0.15) is 11.9 Å². The van der Waals surface area contributed by atoms with Gasteiger partial charge in [-0.25, -0.2) is 4.39 Å². The van der Waals surface area contributed by atoms with E-state index in [0.717, 1.165) is 11.1 Å². The number of hydrogen-bond donors (Lipinski definition) is 0. The summed E-state index contributed by atoms with van der Waals surface area (Å²) in [4.78, 5) is 14.1. The fourth-order valence-corrected chi connectivity index (χ4v) is 2.57. The molecule has 0 aromatic heterocycles. The Morgan fingerprint density at radius 1 is 1.13 bits per heavy atom. The van der Waals surface area contributed by atoms with E-state index in [0.29, 0.717) is 19.7 Å². The summed E-state index contributed by atoms with van der Waals surface area (Å²) in [6.45, 7) is 1.64. The molecule has 118 valence electrons. The zero-order valence-corrected chi connectivity index (χ0v) is 12.7. The predicted octanol–water partition coefficient (Wildman–Crippen LogP) is 3.44. The lowest BCUT2D eigenvalue weighted by atomic mass is 10.1. The molecular formula is C19H18FNO2. The largest absolute Gasteiger partial charge is 0.370 e. The molecule has 0 bridgehead atoms. The monoisotopic (exact) mass is 311 g/mol. The number of carbonyl (C=O) groups excluding carboxylic acids is 1. The molecule has 0 N–H and O–H groups in total. The van der Waals surface area contributed by atoms with Crippen LogP contribution < -0.4 is 0 Å². The number of ether oxygens (including phenoxy) is 1. The lowest BCUT2D eigenvalue weighted by Gasteiger charge is -2.32. The molecule has 4 heteroatoms. The standard InChI is InChI=1S/C19H18FNO2/c20-17-9-6-15(7-10-17)8-11-19(22)21-12-13-23-18(14-21)16-4-2-1-3-5-16/h1-11,18H,12-14H2/b11-8+.